The van der Waals surface area contributed by atoms with Gasteiger partial charge in [0.1, 0.15) is 0 Å². The van der Waals surface area contributed by atoms with Gasteiger partial charge in [-0.05, 0) is 0 Å². The van der Waals surface area contributed by atoms with Gasteiger partial charge < -0.3 is 19.9 Å². The van der Waals surface area contributed by atoms with Crippen LogP contribution in [0, 0.1) is 0 Å². The van der Waals surface area contributed by atoms with Gasteiger partial charge in [-0.2, -0.15) is 0 Å². The van der Waals surface area contributed by atoms with Crippen LogP contribution in [0.25, 0.3) is 0 Å². The molecule has 2 heterocycles. The number of carbonyl (C=O) groups is 1. The molecule has 0 aliphatic carbocycles. The molecule has 1 aromatic heterocycles. The molecule has 0 saturated carbocycles. The Kier molecular flexibility index (Phi) is 2.98. The molecule has 6 heteroatoms. The smallest absolute Gasteiger partial charge is 0.290 e. The lowest BCUT2D eigenvalue weighted by molar-refractivity contribution is 0.0754. The van der Waals surface area contributed by atoms with Crippen molar-refractivity contribution in [2.75, 3.05) is 20.2 Å². The lowest BCUT2D eigenvalue weighted by atomic mass is 10.2. The number of carbonyl (C=O) groups excluding carboxylic acids is 1. The van der Waals surface area contributed by atoms with Gasteiger partial charge >= 0.3 is 0 Å². The summed E-state index contributed by atoms with van der Waals surface area (Å²) in [5, 5.41) is 9.43. The number of methoxy groups -OCH3 is 1. The van der Waals surface area contributed by atoms with Gasteiger partial charge in [0.15, 0.2) is 0 Å². The first-order chi connectivity index (χ1) is 7.31. The number of rotatable bonds is 3. The van der Waals surface area contributed by atoms with Gasteiger partial charge in [0.2, 0.25) is 5.76 Å². The first kappa shape index (κ1) is 10.1. The van der Waals surface area contributed by atoms with Gasteiger partial charge in [-0.3, -0.25) is 4.79 Å². The van der Waals surface area contributed by atoms with Crippen molar-refractivity contribution < 1.29 is 14.1 Å². The molecule has 15 heavy (non-hydrogen) atoms. The van der Waals surface area contributed by atoms with Crippen LogP contribution in [-0.2, 0) is 4.74 Å². The predicted octanol–water partition coefficient (Wildman–Crippen LogP) is -0.609. The van der Waals surface area contributed by atoms with Gasteiger partial charge in [-0.25, -0.2) is 0 Å². The zero-order valence-electron chi connectivity index (χ0n) is 8.40. The number of amides is 1. The van der Waals surface area contributed by atoms with Crippen molar-refractivity contribution in [1.82, 2.24) is 15.8 Å². The zero-order valence-corrected chi connectivity index (χ0v) is 8.40. The quantitative estimate of drug-likeness (QED) is 0.697. The second-order valence-electron chi connectivity index (χ2n) is 3.39. The molecule has 2 rings (SSSR count). The minimum atomic E-state index is -0.261. The summed E-state index contributed by atoms with van der Waals surface area (Å²) in [5.41, 5.74) is 0. The molecule has 0 aromatic carbocycles. The molecule has 1 saturated heterocycles. The highest BCUT2D eigenvalue weighted by molar-refractivity contribution is 5.91. The fraction of sp³-hybridized carbons (Fsp3) is 0.556. The van der Waals surface area contributed by atoms with Gasteiger partial charge in [-0.1, -0.05) is 5.16 Å². The van der Waals surface area contributed by atoms with E-state index in [1.807, 2.05) is 0 Å². The third-order valence-corrected chi connectivity index (χ3v) is 2.44. The third-order valence-electron chi connectivity index (χ3n) is 2.44. The highest BCUT2D eigenvalue weighted by atomic mass is 16.5. The summed E-state index contributed by atoms with van der Waals surface area (Å²) in [7, 11) is 1.63. The first-order valence-electron chi connectivity index (χ1n) is 4.76. The Labute approximate surface area is 87.0 Å². The molecule has 0 bridgehead atoms. The maximum absolute atomic E-state index is 11.6. The lowest BCUT2D eigenvalue weighted by Gasteiger charge is -2.17. The average molecular weight is 211 g/mol. The Bertz CT molecular complexity index is 325. The topological polar surface area (TPSA) is 76.4 Å². The van der Waals surface area contributed by atoms with E-state index in [2.05, 4.69) is 15.8 Å². The molecule has 1 amide bonds. The second-order valence-corrected chi connectivity index (χ2v) is 3.39. The number of nitrogens with one attached hydrogen (secondary N) is 2. The molecular formula is C9H13N3O3. The highest BCUT2D eigenvalue weighted by Gasteiger charge is 2.29. The summed E-state index contributed by atoms with van der Waals surface area (Å²) in [6, 6.07) is 1.51. The van der Waals surface area contributed by atoms with Crippen molar-refractivity contribution in [3.05, 3.63) is 18.0 Å². The Hall–Kier alpha value is -1.40. The van der Waals surface area contributed by atoms with E-state index in [0.29, 0.717) is 6.54 Å². The third kappa shape index (κ3) is 2.16. The van der Waals surface area contributed by atoms with E-state index in [9.17, 15) is 4.79 Å². The van der Waals surface area contributed by atoms with Crippen molar-refractivity contribution in [1.29, 1.82) is 0 Å². The van der Waals surface area contributed by atoms with Crippen molar-refractivity contribution in [2.45, 2.75) is 12.1 Å². The summed E-state index contributed by atoms with van der Waals surface area (Å²) in [6.45, 7) is 1.45. The van der Waals surface area contributed by atoms with E-state index >= 15 is 0 Å². The second kappa shape index (κ2) is 4.41. The SMILES string of the molecule is CO[C@H]1CNCC1NC(=O)c1ccno1. The summed E-state index contributed by atoms with van der Waals surface area (Å²) in [6.07, 6.45) is 1.45. The van der Waals surface area contributed by atoms with Crippen LogP contribution in [0.2, 0.25) is 0 Å². The molecule has 0 spiro atoms. The minimum absolute atomic E-state index is 0.0110. The molecule has 1 aliphatic rings. The molecule has 1 fully saturated rings. The molecule has 0 radical (unpaired) electrons. The molecule has 1 aromatic rings. The summed E-state index contributed by atoms with van der Waals surface area (Å²) in [5.74, 6) is -0.0417. The first-order valence-corrected chi connectivity index (χ1v) is 4.76. The van der Waals surface area contributed by atoms with Crippen LogP contribution in [0.3, 0.4) is 0 Å². The van der Waals surface area contributed by atoms with Gasteiger partial charge in [-0.15, -0.1) is 0 Å². The van der Waals surface area contributed by atoms with Gasteiger partial charge in [0.05, 0.1) is 18.3 Å². The van der Waals surface area contributed by atoms with Crippen LogP contribution >= 0.6 is 0 Å². The lowest BCUT2D eigenvalue weighted by Crippen LogP contribution is -2.43. The van der Waals surface area contributed by atoms with Crippen molar-refractivity contribution >= 4 is 5.91 Å². The van der Waals surface area contributed by atoms with Crippen LogP contribution < -0.4 is 10.6 Å². The molecule has 6 nitrogen and oxygen atoms in total. The molecule has 2 N–H and O–H groups in total. The van der Waals surface area contributed by atoms with Crippen LogP contribution in [0.5, 0.6) is 0 Å². The molecule has 1 aliphatic heterocycles. The Morgan fingerprint density at radius 1 is 1.73 bits per heavy atom. The van der Waals surface area contributed by atoms with E-state index in [1.165, 1.54) is 12.3 Å². The van der Waals surface area contributed by atoms with Crippen molar-refractivity contribution in [3.63, 3.8) is 0 Å². The molecule has 1 unspecified atom stereocenters. The van der Waals surface area contributed by atoms with Crippen molar-refractivity contribution in [2.24, 2.45) is 0 Å². The summed E-state index contributed by atoms with van der Waals surface area (Å²) >= 11 is 0. The normalized spacial score (nSPS) is 25.4. The molecule has 2 atom stereocenters. The van der Waals surface area contributed by atoms with E-state index in [4.69, 9.17) is 9.26 Å². The van der Waals surface area contributed by atoms with Gasteiger partial charge in [0.25, 0.3) is 5.91 Å². The van der Waals surface area contributed by atoms with Crippen LogP contribution in [0.4, 0.5) is 0 Å². The summed E-state index contributed by atoms with van der Waals surface area (Å²) < 4.78 is 9.97. The zero-order chi connectivity index (χ0) is 10.7. The van der Waals surface area contributed by atoms with E-state index < -0.39 is 0 Å². The Morgan fingerprint density at radius 3 is 3.27 bits per heavy atom. The maximum atomic E-state index is 11.6. The standard InChI is InChI=1S/C9H13N3O3/c1-14-8-5-10-4-6(8)12-9(13)7-2-3-11-15-7/h2-3,6,8,10H,4-5H2,1H3,(H,12,13)/t6?,8-/m0/s1. The largest absolute Gasteiger partial charge is 0.378 e. The van der Waals surface area contributed by atoms with Crippen molar-refractivity contribution in [3.8, 4) is 0 Å². The number of nitrogens with zero attached hydrogens (tertiary/aromatic N) is 1. The monoisotopic (exact) mass is 211 g/mol. The van der Waals surface area contributed by atoms with Gasteiger partial charge in [0, 0.05) is 26.3 Å². The van der Waals surface area contributed by atoms with Crippen LogP contribution in [-0.4, -0.2) is 43.4 Å². The fourth-order valence-electron chi connectivity index (χ4n) is 1.62. The fourth-order valence-corrected chi connectivity index (χ4v) is 1.62. The maximum Gasteiger partial charge on any atom is 0.290 e. The predicted molar refractivity (Wildman–Crippen MR) is 51.4 cm³/mol. The number of aromatic nitrogens is 1. The van der Waals surface area contributed by atoms with E-state index in [0.717, 1.165) is 6.54 Å². The highest BCUT2D eigenvalue weighted by Crippen LogP contribution is 2.05. The van der Waals surface area contributed by atoms with Crippen LogP contribution in [0.15, 0.2) is 16.8 Å². The van der Waals surface area contributed by atoms with E-state index in [1.54, 1.807) is 7.11 Å². The summed E-state index contributed by atoms with van der Waals surface area (Å²) in [4.78, 5) is 11.6. The molecular weight excluding hydrogens is 198 g/mol. The Balaban J connectivity index is 1.94. The van der Waals surface area contributed by atoms with E-state index in [-0.39, 0.29) is 23.8 Å². The molecule has 82 valence electrons. The number of ether oxygens (including phenoxy) is 1. The number of hydrogen-bond donors (Lipinski definition) is 2. The van der Waals surface area contributed by atoms with Crippen LogP contribution in [0.1, 0.15) is 10.6 Å². The number of hydrogen-bond acceptors (Lipinski definition) is 5. The Morgan fingerprint density at radius 2 is 2.60 bits per heavy atom. The average Bonchev–Trinajstić information content (AvgIpc) is 2.87. The minimum Gasteiger partial charge on any atom is -0.378 e.